The van der Waals surface area contributed by atoms with Crippen molar-refractivity contribution in [2.24, 2.45) is 0 Å². The second kappa shape index (κ2) is 8.15. The number of aromatic nitrogens is 2. The molecule has 1 heterocycles. The molecule has 0 bridgehead atoms. The van der Waals surface area contributed by atoms with Gasteiger partial charge in [0.2, 0.25) is 10.0 Å². The van der Waals surface area contributed by atoms with Gasteiger partial charge >= 0.3 is 0 Å². The number of carbonyl (C=O) groups is 1. The molecule has 0 spiro atoms. The number of imidazole rings is 1. The maximum absolute atomic E-state index is 12.3. The Morgan fingerprint density at radius 2 is 1.78 bits per heavy atom. The lowest BCUT2D eigenvalue weighted by Gasteiger charge is -2.06. The molecule has 0 atom stereocenters. The van der Waals surface area contributed by atoms with Crippen molar-refractivity contribution in [1.82, 2.24) is 20.0 Å². The Labute approximate surface area is 157 Å². The second-order valence-corrected chi connectivity index (χ2v) is 7.58. The first-order chi connectivity index (χ1) is 13.0. The van der Waals surface area contributed by atoms with Gasteiger partial charge in [-0.25, -0.2) is 18.1 Å². The number of nitrogens with one attached hydrogen (secondary N) is 3. The molecule has 0 saturated heterocycles. The monoisotopic (exact) mass is 384 g/mol. The molecule has 0 saturated carbocycles. The van der Waals surface area contributed by atoms with Crippen LogP contribution in [-0.2, 0) is 16.6 Å². The van der Waals surface area contributed by atoms with Gasteiger partial charge in [-0.1, -0.05) is 37.3 Å². The number of carbonyl (C=O) groups excluding carboxylic acids is 1. The molecule has 8 heteroatoms. The van der Waals surface area contributed by atoms with E-state index in [0.717, 1.165) is 11.3 Å². The molecule has 27 heavy (non-hydrogen) atoms. The normalized spacial score (nSPS) is 11.3. The van der Waals surface area contributed by atoms with Gasteiger partial charge in [-0.05, 0) is 29.8 Å². The summed E-state index contributed by atoms with van der Waals surface area (Å²) in [7, 11) is -3.53. The fraction of sp³-hybridized carbons (Fsp3) is 0.158. The van der Waals surface area contributed by atoms with Gasteiger partial charge in [0.1, 0.15) is 5.82 Å². The number of nitrogens with zero attached hydrogens (tertiary/aromatic N) is 1. The van der Waals surface area contributed by atoms with Crippen molar-refractivity contribution in [2.45, 2.75) is 18.4 Å². The summed E-state index contributed by atoms with van der Waals surface area (Å²) < 4.78 is 26.2. The number of aromatic amines is 1. The Morgan fingerprint density at radius 1 is 1.07 bits per heavy atom. The highest BCUT2D eigenvalue weighted by Crippen LogP contribution is 2.16. The van der Waals surface area contributed by atoms with E-state index < -0.39 is 10.0 Å². The van der Waals surface area contributed by atoms with Crippen LogP contribution in [0.3, 0.4) is 0 Å². The first-order valence-corrected chi connectivity index (χ1v) is 9.95. The first-order valence-electron chi connectivity index (χ1n) is 8.47. The number of sulfonamides is 1. The summed E-state index contributed by atoms with van der Waals surface area (Å²) in [6.07, 6.45) is 1.72. The Bertz CT molecular complexity index is 1010. The number of H-pyrrole nitrogens is 1. The fourth-order valence-electron chi connectivity index (χ4n) is 2.54. The lowest BCUT2D eigenvalue weighted by Crippen LogP contribution is -2.24. The summed E-state index contributed by atoms with van der Waals surface area (Å²) in [6, 6.07) is 15.6. The summed E-state index contributed by atoms with van der Waals surface area (Å²) in [5.41, 5.74) is 2.26. The highest BCUT2D eigenvalue weighted by Gasteiger charge is 2.14. The molecule has 7 nitrogen and oxygen atoms in total. The van der Waals surface area contributed by atoms with E-state index in [1.807, 2.05) is 30.3 Å². The Morgan fingerprint density at radius 3 is 2.44 bits per heavy atom. The van der Waals surface area contributed by atoms with E-state index in [4.69, 9.17) is 0 Å². The van der Waals surface area contributed by atoms with E-state index in [1.54, 1.807) is 13.1 Å². The number of rotatable bonds is 7. The maximum atomic E-state index is 12.3. The molecule has 1 amide bonds. The lowest BCUT2D eigenvalue weighted by atomic mass is 10.2. The molecular formula is C19H20N4O3S. The van der Waals surface area contributed by atoms with Gasteiger partial charge in [-0.2, -0.15) is 0 Å². The highest BCUT2D eigenvalue weighted by molar-refractivity contribution is 7.89. The highest BCUT2D eigenvalue weighted by atomic mass is 32.2. The number of hydrogen-bond donors (Lipinski definition) is 3. The van der Waals surface area contributed by atoms with Crippen molar-refractivity contribution < 1.29 is 13.2 Å². The molecule has 0 radical (unpaired) electrons. The van der Waals surface area contributed by atoms with Crippen LogP contribution in [0.5, 0.6) is 0 Å². The number of benzene rings is 2. The predicted octanol–water partition coefficient (Wildman–Crippen LogP) is 2.30. The summed E-state index contributed by atoms with van der Waals surface area (Å²) in [4.78, 5) is 19.8. The zero-order valence-electron chi connectivity index (χ0n) is 14.8. The Kier molecular flexibility index (Phi) is 5.68. The summed E-state index contributed by atoms with van der Waals surface area (Å²) in [5.74, 6) is 0.327. The van der Waals surface area contributed by atoms with Crippen LogP contribution in [0, 0.1) is 0 Å². The van der Waals surface area contributed by atoms with Crippen molar-refractivity contribution in [3.63, 3.8) is 0 Å². The molecule has 0 unspecified atom stereocenters. The van der Waals surface area contributed by atoms with E-state index >= 15 is 0 Å². The molecule has 0 aliphatic carbocycles. The Balaban J connectivity index is 1.62. The molecule has 0 aliphatic heterocycles. The summed E-state index contributed by atoms with van der Waals surface area (Å²) in [5, 5.41) is 2.77. The van der Waals surface area contributed by atoms with Crippen LogP contribution in [0.15, 0.2) is 65.7 Å². The molecule has 0 fully saturated rings. The standard InChI is InChI=1S/C19H20N4O3S/c1-2-22-27(25,26)16-10-8-15(9-11-16)19(24)21-13-18-20-12-17(23-18)14-6-4-3-5-7-14/h3-12,22H,2,13H2,1H3,(H,20,23)(H,21,24). The van der Waals surface area contributed by atoms with Crippen LogP contribution in [0.2, 0.25) is 0 Å². The minimum Gasteiger partial charge on any atom is -0.345 e. The maximum Gasteiger partial charge on any atom is 0.251 e. The molecule has 0 aliphatic rings. The average molecular weight is 384 g/mol. The van der Waals surface area contributed by atoms with Crippen LogP contribution in [-0.4, -0.2) is 30.8 Å². The van der Waals surface area contributed by atoms with Gasteiger partial charge < -0.3 is 10.3 Å². The van der Waals surface area contributed by atoms with E-state index in [9.17, 15) is 13.2 Å². The van der Waals surface area contributed by atoms with Gasteiger partial charge in [0.25, 0.3) is 5.91 Å². The summed E-state index contributed by atoms with van der Waals surface area (Å²) >= 11 is 0. The van der Waals surface area contributed by atoms with E-state index in [1.165, 1.54) is 24.3 Å². The van der Waals surface area contributed by atoms with Gasteiger partial charge in [-0.3, -0.25) is 4.79 Å². The predicted molar refractivity (Wildman–Crippen MR) is 102 cm³/mol. The van der Waals surface area contributed by atoms with Crippen molar-refractivity contribution in [2.75, 3.05) is 6.54 Å². The first kappa shape index (κ1) is 18.8. The second-order valence-electron chi connectivity index (χ2n) is 5.82. The quantitative estimate of drug-likeness (QED) is 0.581. The smallest absolute Gasteiger partial charge is 0.251 e. The van der Waals surface area contributed by atoms with E-state index in [-0.39, 0.29) is 17.3 Å². The van der Waals surface area contributed by atoms with Crippen LogP contribution in [0.4, 0.5) is 0 Å². The molecule has 3 rings (SSSR count). The number of hydrogen-bond acceptors (Lipinski definition) is 4. The molecule has 3 N–H and O–H groups in total. The Hall–Kier alpha value is -2.97. The van der Waals surface area contributed by atoms with Gasteiger partial charge in [0.05, 0.1) is 23.3 Å². The SMILES string of the molecule is CCNS(=O)(=O)c1ccc(C(=O)NCc2ncc(-c3ccccc3)[nH]2)cc1. The van der Waals surface area contributed by atoms with E-state index in [2.05, 4.69) is 20.0 Å². The van der Waals surface area contributed by atoms with Crippen LogP contribution < -0.4 is 10.0 Å². The van der Waals surface area contributed by atoms with Crippen molar-refractivity contribution >= 4 is 15.9 Å². The van der Waals surface area contributed by atoms with Crippen molar-refractivity contribution in [1.29, 1.82) is 0 Å². The largest absolute Gasteiger partial charge is 0.345 e. The molecule has 2 aromatic carbocycles. The van der Waals surface area contributed by atoms with Crippen LogP contribution in [0.25, 0.3) is 11.3 Å². The van der Waals surface area contributed by atoms with Crippen LogP contribution in [0.1, 0.15) is 23.1 Å². The van der Waals surface area contributed by atoms with Gasteiger partial charge in [0.15, 0.2) is 0 Å². The van der Waals surface area contributed by atoms with E-state index in [0.29, 0.717) is 17.9 Å². The molecule has 140 valence electrons. The molecular weight excluding hydrogens is 364 g/mol. The van der Waals surface area contributed by atoms with Gasteiger partial charge in [0, 0.05) is 12.1 Å². The zero-order valence-corrected chi connectivity index (χ0v) is 15.6. The number of amides is 1. The minimum absolute atomic E-state index is 0.124. The molecule has 1 aromatic heterocycles. The van der Waals surface area contributed by atoms with Gasteiger partial charge in [-0.15, -0.1) is 0 Å². The average Bonchev–Trinajstić information content (AvgIpc) is 3.16. The van der Waals surface area contributed by atoms with Crippen molar-refractivity contribution in [3.05, 3.63) is 72.2 Å². The third-order valence-electron chi connectivity index (χ3n) is 3.89. The van der Waals surface area contributed by atoms with Crippen molar-refractivity contribution in [3.8, 4) is 11.3 Å². The topological polar surface area (TPSA) is 104 Å². The molecule has 3 aromatic rings. The lowest BCUT2D eigenvalue weighted by molar-refractivity contribution is 0.0950. The third-order valence-corrected chi connectivity index (χ3v) is 5.45. The zero-order chi connectivity index (χ0) is 19.3. The fourth-order valence-corrected chi connectivity index (χ4v) is 3.58. The van der Waals surface area contributed by atoms with Crippen LogP contribution >= 0.6 is 0 Å². The summed E-state index contributed by atoms with van der Waals surface area (Å²) in [6.45, 7) is 2.25. The third kappa shape index (κ3) is 4.60. The minimum atomic E-state index is -3.53.